The molecule has 1 heterocycles. The molecule has 15 heavy (non-hydrogen) atoms. The van der Waals surface area contributed by atoms with Crippen LogP contribution in [0.5, 0.6) is 0 Å². The summed E-state index contributed by atoms with van der Waals surface area (Å²) >= 11 is 1.53. The molecule has 1 aromatic carbocycles. The molecule has 0 radical (unpaired) electrons. The predicted molar refractivity (Wildman–Crippen MR) is 61.7 cm³/mol. The smallest absolute Gasteiger partial charge is 0.124 e. The van der Waals surface area contributed by atoms with Crippen molar-refractivity contribution in [2.45, 2.75) is 19.4 Å². The van der Waals surface area contributed by atoms with Gasteiger partial charge in [-0.3, -0.25) is 0 Å². The normalized spacial score (nSPS) is 12.3. The summed E-state index contributed by atoms with van der Waals surface area (Å²) in [6.45, 7) is 4.11. The Hall–Kier alpha value is -1.000. The molecule has 0 amide bonds. The lowest BCUT2D eigenvalue weighted by Crippen LogP contribution is -2.32. The molecular weight excluding hydrogens is 211 g/mol. The Morgan fingerprint density at radius 2 is 2.13 bits per heavy atom. The number of fused-ring (bicyclic) bond motifs is 1. The maximum Gasteiger partial charge on any atom is 0.124 e. The fourth-order valence-corrected chi connectivity index (χ4v) is 2.37. The Bertz CT molecular complexity index is 490. The van der Waals surface area contributed by atoms with Gasteiger partial charge in [0.05, 0.1) is 15.8 Å². The summed E-state index contributed by atoms with van der Waals surface area (Å²) < 4.78 is 13.9. The highest BCUT2D eigenvalue weighted by Crippen LogP contribution is 2.29. The van der Waals surface area contributed by atoms with Gasteiger partial charge in [0.25, 0.3) is 0 Å². The molecule has 1 N–H and O–H groups in total. The highest BCUT2D eigenvalue weighted by molar-refractivity contribution is 7.18. The van der Waals surface area contributed by atoms with Crippen LogP contribution in [0.4, 0.5) is 4.39 Å². The second-order valence-corrected chi connectivity index (χ2v) is 5.04. The number of benzene rings is 1. The highest BCUT2D eigenvalue weighted by Gasteiger charge is 2.22. The monoisotopic (exact) mass is 224 g/mol. The Kier molecular flexibility index (Phi) is 2.48. The van der Waals surface area contributed by atoms with Gasteiger partial charge in [-0.25, -0.2) is 9.37 Å². The van der Waals surface area contributed by atoms with Crippen LogP contribution < -0.4 is 5.32 Å². The molecular formula is C11H13FN2S. The van der Waals surface area contributed by atoms with Crippen LogP contribution >= 0.6 is 11.3 Å². The van der Waals surface area contributed by atoms with E-state index in [-0.39, 0.29) is 11.4 Å². The largest absolute Gasteiger partial charge is 0.309 e. The first-order valence-electron chi connectivity index (χ1n) is 4.78. The number of hydrogen-bond donors (Lipinski definition) is 1. The number of thiazole rings is 1. The molecule has 2 nitrogen and oxygen atoms in total. The van der Waals surface area contributed by atoms with Crippen LogP contribution in [-0.4, -0.2) is 12.0 Å². The van der Waals surface area contributed by atoms with E-state index in [0.717, 1.165) is 15.2 Å². The molecule has 0 aliphatic rings. The summed E-state index contributed by atoms with van der Waals surface area (Å²) in [5, 5.41) is 4.16. The van der Waals surface area contributed by atoms with E-state index in [4.69, 9.17) is 0 Å². The maximum absolute atomic E-state index is 13.0. The molecule has 2 aromatic rings. The summed E-state index contributed by atoms with van der Waals surface area (Å²) in [5.74, 6) is -0.208. The molecule has 0 saturated heterocycles. The van der Waals surface area contributed by atoms with Crippen molar-refractivity contribution in [2.24, 2.45) is 0 Å². The molecule has 0 saturated carbocycles. The average Bonchev–Trinajstić information content (AvgIpc) is 2.61. The van der Waals surface area contributed by atoms with Gasteiger partial charge in [0.15, 0.2) is 0 Å². The van der Waals surface area contributed by atoms with Crippen LogP contribution in [0.1, 0.15) is 18.9 Å². The van der Waals surface area contributed by atoms with E-state index in [2.05, 4.69) is 24.1 Å². The van der Waals surface area contributed by atoms with E-state index in [0.29, 0.717) is 0 Å². The van der Waals surface area contributed by atoms with E-state index < -0.39 is 0 Å². The minimum atomic E-state index is -0.208. The van der Waals surface area contributed by atoms with Crippen LogP contribution in [0, 0.1) is 5.82 Å². The van der Waals surface area contributed by atoms with Gasteiger partial charge in [-0.2, -0.15) is 0 Å². The van der Waals surface area contributed by atoms with E-state index in [1.165, 1.54) is 23.5 Å². The molecule has 80 valence electrons. The topological polar surface area (TPSA) is 24.9 Å². The van der Waals surface area contributed by atoms with Gasteiger partial charge in [-0.15, -0.1) is 11.3 Å². The standard InChI is InChI=1S/C11H13FN2S/c1-11(2,13-3)10-14-8-5-4-7(12)6-9(8)15-10/h4-6,13H,1-3H3. The number of nitrogens with one attached hydrogen (secondary N) is 1. The van der Waals surface area contributed by atoms with E-state index in [9.17, 15) is 4.39 Å². The highest BCUT2D eigenvalue weighted by atomic mass is 32.1. The van der Waals surface area contributed by atoms with Crippen molar-refractivity contribution in [3.05, 3.63) is 29.0 Å². The van der Waals surface area contributed by atoms with Crippen LogP contribution in [0.15, 0.2) is 18.2 Å². The third kappa shape index (κ3) is 1.87. The Labute approximate surface area is 92.1 Å². The van der Waals surface area contributed by atoms with Crippen molar-refractivity contribution in [3.63, 3.8) is 0 Å². The summed E-state index contributed by atoms with van der Waals surface area (Å²) in [6.07, 6.45) is 0. The van der Waals surface area contributed by atoms with Gasteiger partial charge in [-0.05, 0) is 39.1 Å². The van der Waals surface area contributed by atoms with Crippen molar-refractivity contribution < 1.29 is 4.39 Å². The molecule has 0 aliphatic carbocycles. The fraction of sp³-hybridized carbons (Fsp3) is 0.364. The van der Waals surface area contributed by atoms with Gasteiger partial charge < -0.3 is 5.32 Å². The zero-order valence-corrected chi connectivity index (χ0v) is 9.78. The van der Waals surface area contributed by atoms with Crippen LogP contribution in [-0.2, 0) is 5.54 Å². The van der Waals surface area contributed by atoms with Crippen molar-refractivity contribution >= 4 is 21.6 Å². The SMILES string of the molecule is CNC(C)(C)c1nc2ccc(F)cc2s1. The summed E-state index contributed by atoms with van der Waals surface area (Å²) in [4.78, 5) is 4.49. The lowest BCUT2D eigenvalue weighted by atomic mass is 10.1. The number of halogens is 1. The number of hydrogen-bond acceptors (Lipinski definition) is 3. The van der Waals surface area contributed by atoms with E-state index >= 15 is 0 Å². The predicted octanol–water partition coefficient (Wildman–Crippen LogP) is 2.89. The van der Waals surface area contributed by atoms with Crippen LogP contribution in [0.25, 0.3) is 10.2 Å². The van der Waals surface area contributed by atoms with Gasteiger partial charge in [-0.1, -0.05) is 0 Å². The van der Waals surface area contributed by atoms with Crippen molar-refractivity contribution in [1.29, 1.82) is 0 Å². The molecule has 0 unspecified atom stereocenters. The molecule has 2 rings (SSSR count). The van der Waals surface area contributed by atoms with E-state index in [1.54, 1.807) is 6.07 Å². The first-order valence-corrected chi connectivity index (χ1v) is 5.60. The zero-order chi connectivity index (χ0) is 11.1. The molecule has 0 fully saturated rings. The van der Waals surface area contributed by atoms with Crippen LogP contribution in [0.2, 0.25) is 0 Å². The van der Waals surface area contributed by atoms with Crippen molar-refractivity contribution in [3.8, 4) is 0 Å². The van der Waals surface area contributed by atoms with E-state index in [1.807, 2.05) is 7.05 Å². The van der Waals surface area contributed by atoms with Crippen molar-refractivity contribution in [1.82, 2.24) is 10.3 Å². The van der Waals surface area contributed by atoms with Gasteiger partial charge in [0.2, 0.25) is 0 Å². The fourth-order valence-electron chi connectivity index (χ4n) is 1.27. The summed E-state index contributed by atoms with van der Waals surface area (Å²) in [5.41, 5.74) is 0.694. The third-order valence-corrected chi connectivity index (χ3v) is 3.85. The minimum Gasteiger partial charge on any atom is -0.309 e. The number of aromatic nitrogens is 1. The average molecular weight is 224 g/mol. The van der Waals surface area contributed by atoms with Gasteiger partial charge >= 0.3 is 0 Å². The first-order chi connectivity index (χ1) is 7.03. The summed E-state index contributed by atoms with van der Waals surface area (Å²) in [6, 6.07) is 4.69. The molecule has 1 aromatic heterocycles. The zero-order valence-electron chi connectivity index (χ0n) is 8.97. The maximum atomic E-state index is 13.0. The second-order valence-electron chi connectivity index (χ2n) is 4.01. The Morgan fingerprint density at radius 3 is 2.80 bits per heavy atom. The minimum absolute atomic E-state index is 0.167. The molecule has 0 spiro atoms. The Balaban J connectivity index is 2.56. The Morgan fingerprint density at radius 1 is 1.40 bits per heavy atom. The molecule has 0 aliphatic heterocycles. The second kappa shape index (κ2) is 3.54. The quantitative estimate of drug-likeness (QED) is 0.848. The molecule has 4 heteroatoms. The van der Waals surface area contributed by atoms with Crippen molar-refractivity contribution in [2.75, 3.05) is 7.05 Å². The molecule has 0 bridgehead atoms. The van der Waals surface area contributed by atoms with Gasteiger partial charge in [0, 0.05) is 0 Å². The number of nitrogens with zero attached hydrogens (tertiary/aromatic N) is 1. The molecule has 0 atom stereocenters. The lowest BCUT2D eigenvalue weighted by Gasteiger charge is -2.20. The number of rotatable bonds is 2. The third-order valence-electron chi connectivity index (χ3n) is 2.51. The lowest BCUT2D eigenvalue weighted by molar-refractivity contribution is 0.443. The van der Waals surface area contributed by atoms with Gasteiger partial charge in [0.1, 0.15) is 10.8 Å². The first kappa shape index (κ1) is 10.5. The summed E-state index contributed by atoms with van der Waals surface area (Å²) in [7, 11) is 1.90. The van der Waals surface area contributed by atoms with Crippen LogP contribution in [0.3, 0.4) is 0 Å².